The van der Waals surface area contributed by atoms with Crippen molar-refractivity contribution in [3.05, 3.63) is 35.4 Å². The van der Waals surface area contributed by atoms with Gasteiger partial charge >= 0.3 is 12.1 Å². The van der Waals surface area contributed by atoms with E-state index in [1.165, 1.54) is 7.11 Å². The summed E-state index contributed by atoms with van der Waals surface area (Å²) in [5, 5.41) is 2.52. The Morgan fingerprint density at radius 1 is 1.12 bits per heavy atom. The van der Waals surface area contributed by atoms with E-state index in [9.17, 15) is 22.8 Å². The highest BCUT2D eigenvalue weighted by atomic mass is 19.4. The van der Waals surface area contributed by atoms with E-state index >= 15 is 0 Å². The molecule has 0 unspecified atom stereocenters. The molecule has 0 fully saturated rings. The first-order valence-electron chi connectivity index (χ1n) is 7.85. The van der Waals surface area contributed by atoms with Crippen molar-refractivity contribution in [3.8, 4) is 0 Å². The third-order valence-corrected chi connectivity index (χ3v) is 3.61. The Balaban J connectivity index is 2.71. The maximum atomic E-state index is 12.5. The summed E-state index contributed by atoms with van der Waals surface area (Å²) in [5.41, 5.74) is -0.770. The van der Waals surface area contributed by atoms with E-state index in [0.717, 1.165) is 49.9 Å². The summed E-state index contributed by atoms with van der Waals surface area (Å²) in [7, 11) is 1.23. The van der Waals surface area contributed by atoms with Crippen LogP contribution in [0.5, 0.6) is 0 Å². The summed E-state index contributed by atoms with van der Waals surface area (Å²) in [6.07, 6.45) is -0.273. The molecule has 0 aromatic heterocycles. The Morgan fingerprint density at radius 2 is 1.75 bits per heavy atom. The van der Waals surface area contributed by atoms with E-state index in [2.05, 4.69) is 17.0 Å². The van der Waals surface area contributed by atoms with Crippen LogP contribution in [-0.4, -0.2) is 25.0 Å². The Hall–Kier alpha value is -2.05. The molecule has 0 aliphatic rings. The third-order valence-electron chi connectivity index (χ3n) is 3.61. The van der Waals surface area contributed by atoms with Crippen LogP contribution < -0.4 is 5.32 Å². The quantitative estimate of drug-likeness (QED) is 0.573. The number of esters is 1. The van der Waals surface area contributed by atoms with Crippen LogP contribution in [0, 0.1) is 0 Å². The molecular formula is C17H22F3NO3. The number of halogens is 3. The molecule has 0 heterocycles. The molecule has 0 radical (unpaired) electrons. The van der Waals surface area contributed by atoms with Gasteiger partial charge in [0, 0.05) is 5.56 Å². The van der Waals surface area contributed by atoms with E-state index in [1.807, 2.05) is 0 Å². The average Bonchev–Trinajstić information content (AvgIpc) is 2.56. The lowest BCUT2D eigenvalue weighted by Gasteiger charge is -2.16. The van der Waals surface area contributed by atoms with Crippen molar-refractivity contribution < 1.29 is 27.5 Å². The molecule has 0 aliphatic carbocycles. The van der Waals surface area contributed by atoms with Gasteiger partial charge in [-0.1, -0.05) is 32.6 Å². The van der Waals surface area contributed by atoms with Gasteiger partial charge in [0.25, 0.3) is 5.91 Å². The number of hydrogen-bond acceptors (Lipinski definition) is 3. The van der Waals surface area contributed by atoms with Gasteiger partial charge in [-0.2, -0.15) is 13.2 Å². The molecule has 4 nitrogen and oxygen atoms in total. The molecule has 1 aromatic rings. The number of ether oxygens (including phenoxy) is 1. The molecule has 0 saturated heterocycles. The SMILES string of the molecule is CCCCCC[C@@H](NC(=O)c1ccc(C(F)(F)F)cc1)C(=O)OC. The van der Waals surface area contributed by atoms with Crippen molar-refractivity contribution in [2.24, 2.45) is 0 Å². The minimum absolute atomic E-state index is 0.0606. The number of amides is 1. The van der Waals surface area contributed by atoms with Crippen LogP contribution in [0.3, 0.4) is 0 Å². The molecule has 1 N–H and O–H groups in total. The van der Waals surface area contributed by atoms with Crippen LogP contribution in [0.2, 0.25) is 0 Å². The van der Waals surface area contributed by atoms with E-state index in [0.29, 0.717) is 6.42 Å². The van der Waals surface area contributed by atoms with E-state index in [-0.39, 0.29) is 5.56 Å². The van der Waals surface area contributed by atoms with Crippen LogP contribution in [0.1, 0.15) is 54.9 Å². The van der Waals surface area contributed by atoms with Crippen LogP contribution in [0.4, 0.5) is 13.2 Å². The first-order valence-corrected chi connectivity index (χ1v) is 7.85. The summed E-state index contributed by atoms with van der Waals surface area (Å²) in [5.74, 6) is -1.17. The number of nitrogens with one attached hydrogen (secondary N) is 1. The summed E-state index contributed by atoms with van der Waals surface area (Å²) in [6.45, 7) is 2.06. The first kappa shape index (κ1) is 20.0. The lowest BCUT2D eigenvalue weighted by atomic mass is 10.1. The predicted molar refractivity (Wildman–Crippen MR) is 83.5 cm³/mol. The highest BCUT2D eigenvalue weighted by molar-refractivity contribution is 5.96. The second kappa shape index (κ2) is 9.30. The molecule has 0 bridgehead atoms. The third kappa shape index (κ3) is 6.22. The lowest BCUT2D eigenvalue weighted by Crippen LogP contribution is -2.41. The van der Waals surface area contributed by atoms with Gasteiger partial charge in [0.05, 0.1) is 12.7 Å². The highest BCUT2D eigenvalue weighted by Gasteiger charge is 2.30. The smallest absolute Gasteiger partial charge is 0.416 e. The molecule has 0 saturated carbocycles. The second-order valence-corrected chi connectivity index (χ2v) is 5.47. The monoisotopic (exact) mass is 345 g/mol. The zero-order chi connectivity index (χ0) is 18.2. The number of alkyl halides is 3. The summed E-state index contributed by atoms with van der Waals surface area (Å²) in [6, 6.07) is 3.04. The van der Waals surface area contributed by atoms with Crippen LogP contribution in [0.15, 0.2) is 24.3 Å². The van der Waals surface area contributed by atoms with Gasteiger partial charge in [0.2, 0.25) is 0 Å². The molecule has 134 valence electrons. The van der Waals surface area contributed by atoms with Crippen molar-refractivity contribution >= 4 is 11.9 Å². The van der Waals surface area contributed by atoms with Gasteiger partial charge in [-0.05, 0) is 30.7 Å². The predicted octanol–water partition coefficient (Wildman–Crippen LogP) is 3.95. The van der Waals surface area contributed by atoms with Crippen molar-refractivity contribution in [3.63, 3.8) is 0 Å². The number of unbranched alkanes of at least 4 members (excludes halogenated alkanes) is 3. The molecule has 1 amide bonds. The van der Waals surface area contributed by atoms with E-state index in [1.54, 1.807) is 0 Å². The largest absolute Gasteiger partial charge is 0.467 e. The van der Waals surface area contributed by atoms with Crippen LogP contribution in [0.25, 0.3) is 0 Å². The number of rotatable bonds is 8. The van der Waals surface area contributed by atoms with Gasteiger partial charge in [0.15, 0.2) is 0 Å². The number of methoxy groups -OCH3 is 1. The fourth-order valence-electron chi connectivity index (χ4n) is 2.22. The fourth-order valence-corrected chi connectivity index (χ4v) is 2.22. The Morgan fingerprint density at radius 3 is 2.25 bits per heavy atom. The molecule has 0 spiro atoms. The van der Waals surface area contributed by atoms with Crippen molar-refractivity contribution in [2.75, 3.05) is 7.11 Å². The summed E-state index contributed by atoms with van der Waals surface area (Å²) >= 11 is 0. The van der Waals surface area contributed by atoms with Gasteiger partial charge < -0.3 is 10.1 Å². The van der Waals surface area contributed by atoms with Crippen molar-refractivity contribution in [2.45, 2.75) is 51.2 Å². The van der Waals surface area contributed by atoms with Gasteiger partial charge in [-0.3, -0.25) is 4.79 Å². The molecule has 0 aliphatic heterocycles. The van der Waals surface area contributed by atoms with Crippen LogP contribution >= 0.6 is 0 Å². The van der Waals surface area contributed by atoms with Crippen molar-refractivity contribution in [1.82, 2.24) is 5.32 Å². The lowest BCUT2D eigenvalue weighted by molar-refractivity contribution is -0.143. The highest BCUT2D eigenvalue weighted by Crippen LogP contribution is 2.29. The fraction of sp³-hybridized carbons (Fsp3) is 0.529. The molecule has 7 heteroatoms. The molecule has 24 heavy (non-hydrogen) atoms. The van der Waals surface area contributed by atoms with Gasteiger partial charge in [0.1, 0.15) is 6.04 Å². The molecule has 1 aromatic carbocycles. The molecule has 1 atom stereocenters. The summed E-state index contributed by atoms with van der Waals surface area (Å²) in [4.78, 5) is 23.9. The normalized spacial score (nSPS) is 12.5. The minimum Gasteiger partial charge on any atom is -0.467 e. The van der Waals surface area contributed by atoms with Gasteiger partial charge in [-0.25, -0.2) is 4.79 Å². The van der Waals surface area contributed by atoms with E-state index < -0.39 is 29.7 Å². The first-order chi connectivity index (χ1) is 11.3. The second-order valence-electron chi connectivity index (χ2n) is 5.47. The minimum atomic E-state index is -4.46. The Kier molecular flexibility index (Phi) is 7.74. The number of carbonyl (C=O) groups is 2. The molecule has 1 rings (SSSR count). The van der Waals surface area contributed by atoms with Gasteiger partial charge in [-0.15, -0.1) is 0 Å². The van der Waals surface area contributed by atoms with Crippen molar-refractivity contribution in [1.29, 1.82) is 0 Å². The summed E-state index contributed by atoms with van der Waals surface area (Å²) < 4.78 is 42.2. The Labute approximate surface area is 139 Å². The zero-order valence-corrected chi connectivity index (χ0v) is 13.8. The zero-order valence-electron chi connectivity index (χ0n) is 13.8. The average molecular weight is 345 g/mol. The Bertz CT molecular complexity index is 541. The number of hydrogen-bond donors (Lipinski definition) is 1. The maximum Gasteiger partial charge on any atom is 0.416 e. The molecular weight excluding hydrogens is 323 g/mol. The van der Waals surface area contributed by atoms with Crippen LogP contribution in [-0.2, 0) is 15.7 Å². The van der Waals surface area contributed by atoms with E-state index in [4.69, 9.17) is 0 Å². The number of carbonyl (C=O) groups excluding carboxylic acids is 2. The maximum absolute atomic E-state index is 12.5. The topological polar surface area (TPSA) is 55.4 Å². The number of benzene rings is 1. The standard InChI is InChI=1S/C17H22F3NO3/c1-3-4-5-6-7-14(16(23)24-2)21-15(22)12-8-10-13(11-9-12)17(18,19)20/h8-11,14H,3-7H2,1-2H3,(H,21,22)/t14-/m1/s1.